The molecule has 2 N–H and O–H groups in total. The van der Waals surface area contributed by atoms with Gasteiger partial charge in [0.15, 0.2) is 0 Å². The summed E-state index contributed by atoms with van der Waals surface area (Å²) in [5.41, 5.74) is 1.35. The van der Waals surface area contributed by atoms with E-state index in [0.29, 0.717) is 12.3 Å². The standard InChI is InChI=1S/C17H23N3O4/c1-17(2,3)24-11-12-5-4-6-13(9-12)18-15(22)10-20-8-7-14(21)19-16(20)23/h4-6,9H,7-8,10-11H2,1-3H3,(H,18,22)(H,19,21,23). The van der Waals surface area contributed by atoms with Crippen molar-refractivity contribution in [3.8, 4) is 0 Å². The van der Waals surface area contributed by atoms with E-state index in [4.69, 9.17) is 4.74 Å². The monoisotopic (exact) mass is 333 g/mol. The molecule has 1 aliphatic heterocycles. The van der Waals surface area contributed by atoms with Crippen LogP contribution in [0.15, 0.2) is 24.3 Å². The number of rotatable bonds is 5. The van der Waals surface area contributed by atoms with Crippen LogP contribution in [0.1, 0.15) is 32.8 Å². The summed E-state index contributed by atoms with van der Waals surface area (Å²) < 4.78 is 5.72. The fourth-order valence-electron chi connectivity index (χ4n) is 2.16. The molecule has 1 saturated heterocycles. The van der Waals surface area contributed by atoms with E-state index in [-0.39, 0.29) is 36.9 Å². The lowest BCUT2D eigenvalue weighted by atomic mass is 10.1. The van der Waals surface area contributed by atoms with Gasteiger partial charge < -0.3 is 15.0 Å². The highest BCUT2D eigenvalue weighted by molar-refractivity contribution is 6.00. The van der Waals surface area contributed by atoms with Crippen LogP contribution in [0.3, 0.4) is 0 Å². The Hall–Kier alpha value is -2.41. The van der Waals surface area contributed by atoms with Crippen molar-refractivity contribution in [3.63, 3.8) is 0 Å². The van der Waals surface area contributed by atoms with Crippen molar-refractivity contribution in [2.75, 3.05) is 18.4 Å². The fourth-order valence-corrected chi connectivity index (χ4v) is 2.16. The first-order valence-corrected chi connectivity index (χ1v) is 7.84. The number of carbonyl (C=O) groups is 3. The van der Waals surface area contributed by atoms with Crippen LogP contribution < -0.4 is 10.6 Å². The Morgan fingerprint density at radius 3 is 2.75 bits per heavy atom. The van der Waals surface area contributed by atoms with Crippen LogP contribution in [-0.4, -0.2) is 41.4 Å². The molecule has 0 bridgehead atoms. The van der Waals surface area contributed by atoms with Gasteiger partial charge in [-0.1, -0.05) is 12.1 Å². The maximum absolute atomic E-state index is 12.1. The zero-order chi connectivity index (χ0) is 17.7. The number of nitrogens with one attached hydrogen (secondary N) is 2. The summed E-state index contributed by atoms with van der Waals surface area (Å²) in [6.07, 6.45) is 0.207. The van der Waals surface area contributed by atoms with E-state index in [1.807, 2.05) is 39.0 Å². The van der Waals surface area contributed by atoms with E-state index >= 15 is 0 Å². The Morgan fingerprint density at radius 2 is 2.08 bits per heavy atom. The van der Waals surface area contributed by atoms with Crippen LogP contribution in [0.25, 0.3) is 0 Å². The van der Waals surface area contributed by atoms with E-state index in [1.165, 1.54) is 4.90 Å². The molecule has 0 aliphatic carbocycles. The average Bonchev–Trinajstić information content (AvgIpc) is 2.48. The molecule has 24 heavy (non-hydrogen) atoms. The van der Waals surface area contributed by atoms with Crippen molar-refractivity contribution in [2.24, 2.45) is 0 Å². The molecule has 0 spiro atoms. The van der Waals surface area contributed by atoms with Crippen molar-refractivity contribution in [1.29, 1.82) is 0 Å². The third kappa shape index (κ3) is 5.66. The first kappa shape index (κ1) is 17.9. The number of benzene rings is 1. The number of nitrogens with zero attached hydrogens (tertiary/aromatic N) is 1. The highest BCUT2D eigenvalue weighted by atomic mass is 16.5. The van der Waals surface area contributed by atoms with Crippen LogP contribution in [0.4, 0.5) is 10.5 Å². The van der Waals surface area contributed by atoms with Crippen molar-refractivity contribution in [1.82, 2.24) is 10.2 Å². The van der Waals surface area contributed by atoms with Gasteiger partial charge >= 0.3 is 6.03 Å². The number of imide groups is 1. The molecular weight excluding hydrogens is 310 g/mol. The van der Waals surface area contributed by atoms with Crippen LogP contribution in [0, 0.1) is 0 Å². The van der Waals surface area contributed by atoms with E-state index in [9.17, 15) is 14.4 Å². The number of hydrogen-bond donors (Lipinski definition) is 2. The zero-order valence-corrected chi connectivity index (χ0v) is 14.2. The lowest BCUT2D eigenvalue weighted by Crippen LogP contribution is -2.51. The number of carbonyl (C=O) groups excluding carboxylic acids is 3. The van der Waals surface area contributed by atoms with Gasteiger partial charge in [-0.15, -0.1) is 0 Å². The zero-order valence-electron chi connectivity index (χ0n) is 14.2. The van der Waals surface area contributed by atoms with Crippen molar-refractivity contribution < 1.29 is 19.1 Å². The average molecular weight is 333 g/mol. The van der Waals surface area contributed by atoms with Crippen LogP contribution in [0.2, 0.25) is 0 Å². The predicted octanol–water partition coefficient (Wildman–Crippen LogP) is 1.88. The minimum absolute atomic E-state index is 0.0954. The molecule has 1 heterocycles. The van der Waals surface area contributed by atoms with Crippen LogP contribution in [-0.2, 0) is 20.9 Å². The highest BCUT2D eigenvalue weighted by Gasteiger charge is 2.24. The molecule has 4 amide bonds. The SMILES string of the molecule is CC(C)(C)OCc1cccc(NC(=O)CN2CCC(=O)NC2=O)c1. The third-order valence-electron chi connectivity index (χ3n) is 3.36. The van der Waals surface area contributed by atoms with Crippen molar-refractivity contribution in [2.45, 2.75) is 39.4 Å². The molecule has 1 aromatic carbocycles. The second kappa shape index (κ2) is 7.44. The minimum atomic E-state index is -0.534. The fraction of sp³-hybridized carbons (Fsp3) is 0.471. The normalized spacial score (nSPS) is 15.2. The van der Waals surface area contributed by atoms with Gasteiger partial charge in [0.25, 0.3) is 0 Å². The molecule has 0 unspecified atom stereocenters. The summed E-state index contributed by atoms with van der Waals surface area (Å²) >= 11 is 0. The first-order chi connectivity index (χ1) is 11.2. The van der Waals surface area contributed by atoms with Gasteiger partial charge in [-0.3, -0.25) is 14.9 Å². The largest absolute Gasteiger partial charge is 0.371 e. The molecule has 0 radical (unpaired) electrons. The predicted molar refractivity (Wildman–Crippen MR) is 89.3 cm³/mol. The van der Waals surface area contributed by atoms with Gasteiger partial charge in [0.05, 0.1) is 12.2 Å². The second-order valence-electron chi connectivity index (χ2n) is 6.67. The Kier molecular flexibility index (Phi) is 5.56. The quantitative estimate of drug-likeness (QED) is 0.861. The first-order valence-electron chi connectivity index (χ1n) is 7.84. The maximum atomic E-state index is 12.1. The smallest absolute Gasteiger partial charge is 0.324 e. The molecule has 130 valence electrons. The van der Waals surface area contributed by atoms with Gasteiger partial charge in [0.2, 0.25) is 11.8 Å². The lowest BCUT2D eigenvalue weighted by molar-refractivity contribution is -0.123. The van der Waals surface area contributed by atoms with E-state index in [0.717, 1.165) is 5.56 Å². The molecule has 1 aliphatic rings. The molecule has 7 nitrogen and oxygen atoms in total. The van der Waals surface area contributed by atoms with Gasteiger partial charge in [0.1, 0.15) is 6.54 Å². The van der Waals surface area contributed by atoms with Crippen molar-refractivity contribution in [3.05, 3.63) is 29.8 Å². The lowest BCUT2D eigenvalue weighted by Gasteiger charge is -2.25. The van der Waals surface area contributed by atoms with Crippen LogP contribution >= 0.6 is 0 Å². The summed E-state index contributed by atoms with van der Waals surface area (Å²) in [6.45, 7) is 6.54. The number of amides is 4. The number of hydrogen-bond acceptors (Lipinski definition) is 4. The molecule has 7 heteroatoms. The Morgan fingerprint density at radius 1 is 1.33 bits per heavy atom. The molecule has 0 saturated carbocycles. The third-order valence-corrected chi connectivity index (χ3v) is 3.36. The Bertz CT molecular complexity index is 637. The Labute approximate surface area is 141 Å². The molecule has 1 aromatic rings. The summed E-state index contributed by atoms with van der Waals surface area (Å²) in [6, 6.07) is 6.84. The molecule has 0 aromatic heterocycles. The topological polar surface area (TPSA) is 87.7 Å². The number of urea groups is 1. The highest BCUT2D eigenvalue weighted by Crippen LogP contribution is 2.15. The Balaban J connectivity index is 1.89. The van der Waals surface area contributed by atoms with Gasteiger partial charge in [-0.2, -0.15) is 0 Å². The van der Waals surface area contributed by atoms with Crippen molar-refractivity contribution >= 4 is 23.5 Å². The number of anilines is 1. The molecule has 0 atom stereocenters. The summed E-state index contributed by atoms with van der Waals surface area (Å²) in [4.78, 5) is 36.1. The van der Waals surface area contributed by atoms with Gasteiger partial charge in [0, 0.05) is 18.7 Å². The minimum Gasteiger partial charge on any atom is -0.371 e. The summed E-state index contributed by atoms with van der Waals surface area (Å²) in [5, 5.41) is 4.95. The summed E-state index contributed by atoms with van der Waals surface area (Å²) in [5.74, 6) is -0.628. The van der Waals surface area contributed by atoms with Crippen LogP contribution in [0.5, 0.6) is 0 Å². The maximum Gasteiger partial charge on any atom is 0.324 e. The molecular formula is C17H23N3O4. The van der Waals surface area contributed by atoms with Gasteiger partial charge in [-0.25, -0.2) is 4.79 Å². The second-order valence-corrected chi connectivity index (χ2v) is 6.67. The van der Waals surface area contributed by atoms with E-state index in [2.05, 4.69) is 10.6 Å². The van der Waals surface area contributed by atoms with E-state index in [1.54, 1.807) is 6.07 Å². The number of ether oxygens (including phenoxy) is 1. The molecule has 1 fully saturated rings. The van der Waals surface area contributed by atoms with Gasteiger partial charge in [-0.05, 0) is 38.5 Å². The van der Waals surface area contributed by atoms with E-state index < -0.39 is 6.03 Å². The molecule has 2 rings (SSSR count). The summed E-state index contributed by atoms with van der Waals surface area (Å²) in [7, 11) is 0.